The molecule has 0 aliphatic carbocycles. The summed E-state index contributed by atoms with van der Waals surface area (Å²) < 4.78 is 1.55. The quantitative estimate of drug-likeness (QED) is 0.472. The van der Waals surface area contributed by atoms with E-state index in [4.69, 9.17) is 5.11 Å². The number of hydrogen-bond donors (Lipinski definition) is 1. The molecule has 0 fully saturated rings. The lowest BCUT2D eigenvalue weighted by atomic mass is 10.1. The summed E-state index contributed by atoms with van der Waals surface area (Å²) in [7, 11) is 0. The Morgan fingerprint density at radius 2 is 1.72 bits per heavy atom. The Labute approximate surface area is 176 Å². The highest BCUT2D eigenvalue weighted by molar-refractivity contribution is 7.98. The van der Waals surface area contributed by atoms with Crippen LogP contribution in [0.4, 0.5) is 0 Å². The summed E-state index contributed by atoms with van der Waals surface area (Å²) in [4.78, 5) is 26.7. The zero-order chi connectivity index (χ0) is 20.2. The maximum Gasteiger partial charge on any atom is 0.335 e. The highest BCUT2D eigenvalue weighted by atomic mass is 32.2. The van der Waals surface area contributed by atoms with Gasteiger partial charge in [0.15, 0.2) is 0 Å². The predicted molar refractivity (Wildman–Crippen MR) is 116 cm³/mol. The Morgan fingerprint density at radius 1 is 1.00 bits per heavy atom. The van der Waals surface area contributed by atoms with Crippen LogP contribution in [0.25, 0.3) is 6.08 Å². The van der Waals surface area contributed by atoms with Crippen molar-refractivity contribution in [3.63, 3.8) is 0 Å². The zero-order valence-corrected chi connectivity index (χ0v) is 16.8. The van der Waals surface area contributed by atoms with E-state index < -0.39 is 5.97 Å². The van der Waals surface area contributed by atoms with Crippen molar-refractivity contribution in [2.45, 2.75) is 11.3 Å². The summed E-state index contributed by atoms with van der Waals surface area (Å²) in [6, 6.07) is 18.0. The van der Waals surface area contributed by atoms with E-state index in [-0.39, 0.29) is 11.5 Å². The normalized spacial score (nSPS) is 12.1. The number of nitrogens with zero attached hydrogens (tertiary/aromatic N) is 1. The first-order valence-electron chi connectivity index (χ1n) is 8.80. The number of carbonyl (C=O) groups is 2. The minimum atomic E-state index is -1.01. The van der Waals surface area contributed by atoms with Gasteiger partial charge in [0.2, 0.25) is 0 Å². The zero-order valence-electron chi connectivity index (χ0n) is 15.2. The van der Waals surface area contributed by atoms with Gasteiger partial charge in [-0.05, 0) is 53.9 Å². The Morgan fingerprint density at radius 3 is 2.45 bits per heavy atom. The number of carboxylic acids is 1. The fourth-order valence-electron chi connectivity index (χ4n) is 2.73. The van der Waals surface area contributed by atoms with E-state index in [0.717, 1.165) is 14.6 Å². The lowest BCUT2D eigenvalue weighted by molar-refractivity contribution is 0.0696. The Kier molecular flexibility index (Phi) is 5.52. The second kappa shape index (κ2) is 8.39. The molecule has 142 valence electrons. The van der Waals surface area contributed by atoms with Crippen molar-refractivity contribution >= 4 is 41.2 Å². The van der Waals surface area contributed by atoms with Gasteiger partial charge >= 0.3 is 5.97 Å². The van der Waals surface area contributed by atoms with Gasteiger partial charge in [-0.3, -0.25) is 9.10 Å². The van der Waals surface area contributed by atoms with E-state index in [9.17, 15) is 9.59 Å². The minimum Gasteiger partial charge on any atom is -0.478 e. The maximum atomic E-state index is 12.7. The van der Waals surface area contributed by atoms with Crippen molar-refractivity contribution in [2.24, 2.45) is 0 Å². The predicted octanol–water partition coefficient (Wildman–Crippen LogP) is 5.17. The molecule has 0 radical (unpaired) electrons. The Balaban J connectivity index is 1.45. The largest absolute Gasteiger partial charge is 0.478 e. The highest BCUT2D eigenvalue weighted by Gasteiger charge is 2.21. The van der Waals surface area contributed by atoms with Crippen LogP contribution in [0, 0.1) is 11.8 Å². The molecule has 0 bridgehead atoms. The number of benzene rings is 2. The van der Waals surface area contributed by atoms with Gasteiger partial charge in [-0.15, -0.1) is 11.3 Å². The molecule has 0 unspecified atom stereocenters. The molecule has 29 heavy (non-hydrogen) atoms. The lowest BCUT2D eigenvalue weighted by Gasteiger charge is -2.20. The summed E-state index contributed by atoms with van der Waals surface area (Å²) in [6.07, 6.45) is 4.34. The molecule has 4 rings (SSSR count). The van der Waals surface area contributed by atoms with E-state index in [1.54, 1.807) is 21.8 Å². The molecule has 0 saturated heterocycles. The smallest absolute Gasteiger partial charge is 0.335 e. The molecule has 1 amide bonds. The van der Waals surface area contributed by atoms with Crippen LogP contribution in [0.2, 0.25) is 0 Å². The molecule has 0 saturated carbocycles. The van der Waals surface area contributed by atoms with Crippen molar-refractivity contribution in [3.05, 3.63) is 93.3 Å². The molecule has 1 aliphatic rings. The average molecular weight is 418 g/mol. The molecule has 0 spiro atoms. The average Bonchev–Trinajstić information content (AvgIpc) is 3.16. The third-order valence-electron chi connectivity index (χ3n) is 4.21. The third-order valence-corrected chi connectivity index (χ3v) is 6.37. The number of fused-ring (bicyclic) bond motifs is 1. The van der Waals surface area contributed by atoms with Gasteiger partial charge in [0.1, 0.15) is 0 Å². The van der Waals surface area contributed by atoms with E-state index >= 15 is 0 Å². The van der Waals surface area contributed by atoms with Crippen molar-refractivity contribution in [3.8, 4) is 11.8 Å². The Bertz CT molecular complexity index is 1150. The highest BCUT2D eigenvalue weighted by Crippen LogP contribution is 2.38. The van der Waals surface area contributed by atoms with Crippen LogP contribution in [-0.2, 0) is 6.42 Å². The number of aromatic carboxylic acids is 1. The number of carbonyl (C=O) groups excluding carboxylic acids is 1. The van der Waals surface area contributed by atoms with Crippen LogP contribution < -0.4 is 0 Å². The van der Waals surface area contributed by atoms with Crippen LogP contribution >= 0.6 is 23.3 Å². The van der Waals surface area contributed by atoms with Crippen LogP contribution in [0.15, 0.2) is 71.8 Å². The second-order valence-corrected chi connectivity index (χ2v) is 8.32. The van der Waals surface area contributed by atoms with E-state index in [1.807, 2.05) is 30.3 Å². The monoisotopic (exact) mass is 417 g/mol. The summed E-state index contributed by atoms with van der Waals surface area (Å²) in [5.41, 5.74) is 1.78. The summed E-state index contributed by atoms with van der Waals surface area (Å²) >= 11 is 2.95. The molecule has 3 aromatic rings. The molecule has 1 aliphatic heterocycles. The molecule has 0 atom stereocenters. The molecular weight excluding hydrogens is 402 g/mol. The topological polar surface area (TPSA) is 57.6 Å². The number of carboxylic acid groups (broad SMARTS) is 1. The minimum absolute atomic E-state index is 0.155. The molecular formula is C23H15NO3S2. The number of hydrogen-bond acceptors (Lipinski definition) is 4. The first-order valence-corrected chi connectivity index (χ1v) is 10.4. The first-order chi connectivity index (χ1) is 14.1. The van der Waals surface area contributed by atoms with Crippen molar-refractivity contribution in [1.82, 2.24) is 4.31 Å². The summed E-state index contributed by atoms with van der Waals surface area (Å²) in [5, 5.41) is 8.98. The van der Waals surface area contributed by atoms with E-state index in [1.165, 1.54) is 41.8 Å². The van der Waals surface area contributed by atoms with Crippen LogP contribution in [-0.4, -0.2) is 21.3 Å². The molecule has 1 N–H and O–H groups in total. The van der Waals surface area contributed by atoms with Crippen molar-refractivity contribution < 1.29 is 14.7 Å². The van der Waals surface area contributed by atoms with Gasteiger partial charge in [-0.1, -0.05) is 42.2 Å². The van der Waals surface area contributed by atoms with Gasteiger partial charge in [-0.2, -0.15) is 0 Å². The van der Waals surface area contributed by atoms with Crippen LogP contribution in [0.3, 0.4) is 0 Å². The molecule has 2 aromatic carbocycles. The lowest BCUT2D eigenvalue weighted by Crippen LogP contribution is -2.20. The van der Waals surface area contributed by atoms with Crippen LogP contribution in [0.1, 0.15) is 36.0 Å². The fraction of sp³-hybridized carbons (Fsp3) is 0.0435. The standard InChI is InChI=1S/C23H15NO3S2/c25-22(17-9-11-18(12-10-17)23(26)27)24-14-13-20-21(29-24)15-19(28-20)8-4-7-16-5-2-1-3-6-16/h1-3,5-6,9-15H,7H2,(H,26,27). The first kappa shape index (κ1) is 19.1. The molecule has 4 nitrogen and oxygen atoms in total. The second-order valence-electron chi connectivity index (χ2n) is 6.22. The summed E-state index contributed by atoms with van der Waals surface area (Å²) in [6.45, 7) is 0. The van der Waals surface area contributed by atoms with E-state index in [2.05, 4.69) is 24.0 Å². The SMILES string of the molecule is O=C(O)c1ccc(C(=O)N2C=Cc3sc(C#CCc4ccccc4)cc3S2)cc1. The number of thiophene rings is 1. The van der Waals surface area contributed by atoms with Crippen molar-refractivity contribution in [2.75, 3.05) is 0 Å². The van der Waals surface area contributed by atoms with Gasteiger partial charge in [0, 0.05) is 28.0 Å². The van der Waals surface area contributed by atoms with Gasteiger partial charge in [0.25, 0.3) is 5.91 Å². The van der Waals surface area contributed by atoms with Crippen LogP contribution in [0.5, 0.6) is 0 Å². The molecule has 6 heteroatoms. The Hall–Kier alpha value is -3.27. The van der Waals surface area contributed by atoms with E-state index in [0.29, 0.717) is 12.0 Å². The number of amides is 1. The number of rotatable bonds is 3. The third kappa shape index (κ3) is 4.43. The van der Waals surface area contributed by atoms with Crippen molar-refractivity contribution in [1.29, 1.82) is 0 Å². The molecule has 2 heterocycles. The van der Waals surface area contributed by atoms with Gasteiger partial charge in [-0.25, -0.2) is 4.79 Å². The summed E-state index contributed by atoms with van der Waals surface area (Å²) in [5.74, 6) is 5.19. The van der Waals surface area contributed by atoms with Gasteiger partial charge in [0.05, 0.1) is 10.4 Å². The van der Waals surface area contributed by atoms with Gasteiger partial charge < -0.3 is 5.11 Å². The maximum absolute atomic E-state index is 12.7. The fourth-order valence-corrected chi connectivity index (χ4v) is 4.72. The molecule has 1 aromatic heterocycles.